The van der Waals surface area contributed by atoms with Crippen LogP contribution in [0, 0.1) is 0 Å². The first-order valence-corrected chi connectivity index (χ1v) is 17.5. The lowest BCUT2D eigenvalue weighted by atomic mass is 9.98. The number of aromatic nitrogens is 4. The maximum absolute atomic E-state index is 5.20. The topological polar surface area (TPSA) is 51.6 Å². The molecule has 0 aliphatic carbocycles. The normalized spacial score (nSPS) is 11.5. The number of nitrogens with zero attached hydrogens (tertiary/aromatic N) is 4. The summed E-state index contributed by atoms with van der Waals surface area (Å²) in [6, 6.07) is 61.5. The summed E-state index contributed by atoms with van der Waals surface area (Å²) in [5.74, 6) is 0.694. The molecule has 0 aliphatic heterocycles. The Labute approximate surface area is 300 Å². The average molecular weight is 663 g/mol. The van der Waals surface area contributed by atoms with Crippen molar-refractivity contribution >= 4 is 43.4 Å². The third-order valence-corrected chi connectivity index (χ3v) is 9.95. The van der Waals surface area contributed by atoms with Crippen molar-refractivity contribution < 1.29 is 0 Å². The average Bonchev–Trinajstić information content (AvgIpc) is 3.23. The van der Waals surface area contributed by atoms with Crippen molar-refractivity contribution in [3.05, 3.63) is 182 Å². The van der Waals surface area contributed by atoms with Gasteiger partial charge in [0.15, 0.2) is 5.82 Å². The minimum atomic E-state index is 0.694. The standard InChI is InChI=1S/C48H30N4/c1-3-13-39-33(8-1)10-5-15-41(39)44-30-45(42-16-6-11-34-9-2-4-14-40(34)42)52-48(51-44)38-25-19-32(20-26-38)31-17-21-35(22-18-31)43-28-27-37-24-23-36-12-7-29-49-46(36)47(37)50-43/h1-30H. The van der Waals surface area contributed by atoms with Crippen LogP contribution >= 0.6 is 0 Å². The number of hydrogen-bond donors (Lipinski definition) is 0. The van der Waals surface area contributed by atoms with Gasteiger partial charge in [0, 0.05) is 39.2 Å². The van der Waals surface area contributed by atoms with Crippen molar-refractivity contribution in [3.8, 4) is 56.3 Å². The van der Waals surface area contributed by atoms with Crippen LogP contribution in [0.2, 0.25) is 0 Å². The van der Waals surface area contributed by atoms with E-state index in [9.17, 15) is 0 Å². The van der Waals surface area contributed by atoms with Crippen LogP contribution in [0.3, 0.4) is 0 Å². The quantitative estimate of drug-likeness (QED) is 0.172. The van der Waals surface area contributed by atoms with E-state index in [4.69, 9.17) is 15.0 Å². The van der Waals surface area contributed by atoms with Crippen LogP contribution in [0.15, 0.2) is 182 Å². The van der Waals surface area contributed by atoms with Gasteiger partial charge in [-0.05, 0) is 50.9 Å². The van der Waals surface area contributed by atoms with E-state index >= 15 is 0 Å². The zero-order valence-corrected chi connectivity index (χ0v) is 28.1. The molecular formula is C48H30N4. The highest BCUT2D eigenvalue weighted by molar-refractivity contribution is 6.03. The molecule has 0 aliphatic rings. The molecule has 0 amide bonds. The van der Waals surface area contributed by atoms with Crippen molar-refractivity contribution in [2.45, 2.75) is 0 Å². The molecule has 4 heteroatoms. The molecule has 3 heterocycles. The van der Waals surface area contributed by atoms with Crippen LogP contribution in [0.4, 0.5) is 0 Å². The second kappa shape index (κ2) is 12.4. The summed E-state index contributed by atoms with van der Waals surface area (Å²) < 4.78 is 0. The lowest BCUT2D eigenvalue weighted by Crippen LogP contribution is -1.97. The van der Waals surface area contributed by atoms with Crippen molar-refractivity contribution in [2.75, 3.05) is 0 Å². The second-order valence-corrected chi connectivity index (χ2v) is 13.1. The molecular weight excluding hydrogens is 633 g/mol. The van der Waals surface area contributed by atoms with Crippen LogP contribution in [-0.4, -0.2) is 19.9 Å². The van der Waals surface area contributed by atoms with Crippen LogP contribution in [0.5, 0.6) is 0 Å². The molecule has 0 N–H and O–H groups in total. The molecule has 4 nitrogen and oxygen atoms in total. The first-order chi connectivity index (χ1) is 25.7. The van der Waals surface area contributed by atoms with E-state index in [0.29, 0.717) is 5.82 Å². The fraction of sp³-hybridized carbons (Fsp3) is 0. The molecule has 0 fully saturated rings. The molecule has 7 aromatic carbocycles. The monoisotopic (exact) mass is 662 g/mol. The molecule has 52 heavy (non-hydrogen) atoms. The number of fused-ring (bicyclic) bond motifs is 5. The molecule has 10 rings (SSSR count). The van der Waals surface area contributed by atoms with E-state index in [1.54, 1.807) is 0 Å². The highest BCUT2D eigenvalue weighted by Crippen LogP contribution is 2.35. The van der Waals surface area contributed by atoms with Gasteiger partial charge in [-0.2, -0.15) is 0 Å². The predicted molar refractivity (Wildman–Crippen MR) is 215 cm³/mol. The molecule has 0 saturated carbocycles. The predicted octanol–water partition coefficient (Wildman–Crippen LogP) is 12.2. The Morgan fingerprint density at radius 2 is 0.808 bits per heavy atom. The Morgan fingerprint density at radius 3 is 1.44 bits per heavy atom. The highest BCUT2D eigenvalue weighted by atomic mass is 14.9. The summed E-state index contributed by atoms with van der Waals surface area (Å²) in [6.45, 7) is 0. The van der Waals surface area contributed by atoms with Gasteiger partial charge in [0.2, 0.25) is 0 Å². The van der Waals surface area contributed by atoms with E-state index in [-0.39, 0.29) is 0 Å². The Kier molecular flexibility index (Phi) is 7.10. The fourth-order valence-electron chi connectivity index (χ4n) is 7.28. The Bertz CT molecular complexity index is 2840. The van der Waals surface area contributed by atoms with Gasteiger partial charge in [0.25, 0.3) is 0 Å². The summed E-state index contributed by atoms with van der Waals surface area (Å²) in [5, 5.41) is 6.88. The smallest absolute Gasteiger partial charge is 0.160 e. The number of rotatable bonds is 5. The Balaban J connectivity index is 1.02. The van der Waals surface area contributed by atoms with Gasteiger partial charge in [-0.25, -0.2) is 15.0 Å². The maximum Gasteiger partial charge on any atom is 0.160 e. The first kappa shape index (κ1) is 29.8. The Morgan fingerprint density at radius 1 is 0.308 bits per heavy atom. The zero-order valence-electron chi connectivity index (χ0n) is 28.1. The van der Waals surface area contributed by atoms with Crippen molar-refractivity contribution in [2.24, 2.45) is 0 Å². The summed E-state index contributed by atoms with van der Waals surface area (Å²) in [5.41, 5.74) is 11.0. The van der Waals surface area contributed by atoms with E-state index in [2.05, 4.69) is 175 Å². The zero-order chi connectivity index (χ0) is 34.4. The van der Waals surface area contributed by atoms with Gasteiger partial charge in [0.05, 0.1) is 28.1 Å². The molecule has 0 atom stereocenters. The molecule has 0 radical (unpaired) electrons. The molecule has 242 valence electrons. The molecule has 0 bridgehead atoms. The molecule has 10 aromatic rings. The van der Waals surface area contributed by atoms with Crippen molar-refractivity contribution in [1.29, 1.82) is 0 Å². The maximum atomic E-state index is 5.20. The van der Waals surface area contributed by atoms with Crippen LogP contribution < -0.4 is 0 Å². The fourth-order valence-corrected chi connectivity index (χ4v) is 7.28. The SMILES string of the molecule is c1ccc2c(-c3cc(-c4cccc5ccccc45)nc(-c4ccc(-c5ccc(-c6ccc7ccc8cccnc8c7n6)cc5)cc4)n3)cccc2c1. The van der Waals surface area contributed by atoms with Crippen LogP contribution in [-0.2, 0) is 0 Å². The molecule has 0 saturated heterocycles. The Hall–Kier alpha value is -7.04. The molecule has 0 unspecified atom stereocenters. The van der Waals surface area contributed by atoms with E-state index in [0.717, 1.165) is 72.3 Å². The second-order valence-electron chi connectivity index (χ2n) is 13.1. The number of benzene rings is 7. The lowest BCUT2D eigenvalue weighted by Gasteiger charge is -2.13. The summed E-state index contributed by atoms with van der Waals surface area (Å²) in [4.78, 5) is 20.0. The number of pyridine rings is 2. The highest BCUT2D eigenvalue weighted by Gasteiger charge is 2.15. The van der Waals surface area contributed by atoms with Gasteiger partial charge in [-0.1, -0.05) is 158 Å². The molecule has 3 aromatic heterocycles. The van der Waals surface area contributed by atoms with Crippen LogP contribution in [0.25, 0.3) is 99.6 Å². The van der Waals surface area contributed by atoms with Gasteiger partial charge in [-0.3, -0.25) is 4.98 Å². The molecule has 0 spiro atoms. The van der Waals surface area contributed by atoms with E-state index in [1.807, 2.05) is 12.3 Å². The largest absolute Gasteiger partial charge is 0.254 e. The summed E-state index contributed by atoms with van der Waals surface area (Å²) in [7, 11) is 0. The van der Waals surface area contributed by atoms with Gasteiger partial charge < -0.3 is 0 Å². The first-order valence-electron chi connectivity index (χ1n) is 17.5. The minimum absolute atomic E-state index is 0.694. The third kappa shape index (κ3) is 5.26. The van der Waals surface area contributed by atoms with Crippen molar-refractivity contribution in [3.63, 3.8) is 0 Å². The number of hydrogen-bond acceptors (Lipinski definition) is 4. The lowest BCUT2D eigenvalue weighted by molar-refractivity contribution is 1.19. The van der Waals surface area contributed by atoms with Gasteiger partial charge in [0.1, 0.15) is 0 Å². The third-order valence-electron chi connectivity index (χ3n) is 9.95. The van der Waals surface area contributed by atoms with Gasteiger partial charge in [-0.15, -0.1) is 0 Å². The summed E-state index contributed by atoms with van der Waals surface area (Å²) >= 11 is 0. The van der Waals surface area contributed by atoms with E-state index in [1.165, 1.54) is 21.5 Å². The van der Waals surface area contributed by atoms with E-state index < -0.39 is 0 Å². The van der Waals surface area contributed by atoms with Crippen LogP contribution in [0.1, 0.15) is 0 Å². The summed E-state index contributed by atoms with van der Waals surface area (Å²) in [6.07, 6.45) is 1.83. The minimum Gasteiger partial charge on any atom is -0.254 e. The van der Waals surface area contributed by atoms with Gasteiger partial charge >= 0.3 is 0 Å². The van der Waals surface area contributed by atoms with Crippen molar-refractivity contribution in [1.82, 2.24) is 19.9 Å².